The van der Waals surface area contributed by atoms with Crippen LogP contribution < -0.4 is 10.6 Å². The van der Waals surface area contributed by atoms with Crippen LogP contribution in [0.1, 0.15) is 17.5 Å². The minimum atomic E-state index is -0.125. The summed E-state index contributed by atoms with van der Waals surface area (Å²) in [5.41, 5.74) is 3.83. The van der Waals surface area contributed by atoms with Crippen molar-refractivity contribution in [3.63, 3.8) is 0 Å². The number of rotatable bonds is 3. The number of phenols is 1. The largest absolute Gasteiger partial charge is 0.508 e. The van der Waals surface area contributed by atoms with E-state index in [9.17, 15) is 9.90 Å². The van der Waals surface area contributed by atoms with E-state index in [0.29, 0.717) is 5.56 Å². The van der Waals surface area contributed by atoms with E-state index in [4.69, 9.17) is 0 Å². The zero-order valence-electron chi connectivity index (χ0n) is 11.7. The molecule has 108 valence electrons. The summed E-state index contributed by atoms with van der Waals surface area (Å²) in [6.07, 6.45) is 2.32. The van der Waals surface area contributed by atoms with Crippen LogP contribution in [0.25, 0.3) is 0 Å². The van der Waals surface area contributed by atoms with Gasteiger partial charge in [-0.05, 0) is 42.7 Å². The van der Waals surface area contributed by atoms with Gasteiger partial charge in [-0.15, -0.1) is 0 Å². The Labute approximate surface area is 123 Å². The van der Waals surface area contributed by atoms with Crippen molar-refractivity contribution in [2.45, 2.75) is 19.3 Å². The Bertz CT molecular complexity index is 668. The van der Waals surface area contributed by atoms with Crippen LogP contribution in [0.2, 0.25) is 0 Å². The molecule has 1 aliphatic rings. The van der Waals surface area contributed by atoms with Crippen LogP contribution in [-0.2, 0) is 17.6 Å². The van der Waals surface area contributed by atoms with Crippen molar-refractivity contribution in [3.05, 3.63) is 53.6 Å². The zero-order valence-corrected chi connectivity index (χ0v) is 11.7. The average Bonchev–Trinajstić information content (AvgIpc) is 2.49. The van der Waals surface area contributed by atoms with Gasteiger partial charge in [-0.2, -0.15) is 0 Å². The number of phenolic OH excluding ortho intramolecular Hbond substituents is 1. The number of carbonyl (C=O) groups excluding carboxylic acids is 1. The van der Waals surface area contributed by atoms with Crippen LogP contribution in [0.3, 0.4) is 0 Å². The van der Waals surface area contributed by atoms with Gasteiger partial charge in [0, 0.05) is 23.5 Å². The van der Waals surface area contributed by atoms with Gasteiger partial charge >= 0.3 is 0 Å². The Morgan fingerprint density at radius 3 is 2.95 bits per heavy atom. The summed E-state index contributed by atoms with van der Waals surface area (Å²) in [5, 5.41) is 15.9. The molecule has 4 heteroatoms. The number of anilines is 2. The number of para-hydroxylation sites is 1. The second-order valence-corrected chi connectivity index (χ2v) is 5.26. The summed E-state index contributed by atoms with van der Waals surface area (Å²) < 4.78 is 0. The molecule has 1 heterocycles. The molecule has 0 spiro atoms. The molecule has 0 saturated carbocycles. The molecule has 3 rings (SSSR count). The maximum Gasteiger partial charge on any atom is 0.228 e. The number of hydrogen-bond donors (Lipinski definition) is 3. The lowest BCUT2D eigenvalue weighted by Gasteiger charge is -2.18. The Balaban J connectivity index is 1.69. The standard InChI is InChI=1S/C17H18N2O2/c20-16-6-2-1-4-13(16)11-17(21)19-14-7-8-15-12(10-14)5-3-9-18-15/h1-2,4,6-8,10,18,20H,3,5,9,11H2,(H,19,21). The number of benzene rings is 2. The molecule has 0 unspecified atom stereocenters. The fourth-order valence-electron chi connectivity index (χ4n) is 2.59. The minimum Gasteiger partial charge on any atom is -0.508 e. The van der Waals surface area contributed by atoms with Gasteiger partial charge in [0.15, 0.2) is 0 Å². The summed E-state index contributed by atoms with van der Waals surface area (Å²) in [6.45, 7) is 1.01. The SMILES string of the molecule is O=C(Cc1ccccc1O)Nc1ccc2c(c1)CCCN2. The highest BCUT2D eigenvalue weighted by atomic mass is 16.3. The van der Waals surface area contributed by atoms with E-state index in [0.717, 1.165) is 30.8 Å². The van der Waals surface area contributed by atoms with Crippen LogP contribution >= 0.6 is 0 Å². The topological polar surface area (TPSA) is 61.4 Å². The number of hydrogen-bond acceptors (Lipinski definition) is 3. The Kier molecular flexibility index (Phi) is 3.77. The van der Waals surface area contributed by atoms with Gasteiger partial charge in [0.1, 0.15) is 5.75 Å². The fraction of sp³-hybridized carbons (Fsp3) is 0.235. The third-order valence-electron chi connectivity index (χ3n) is 3.67. The summed E-state index contributed by atoms with van der Waals surface area (Å²) in [7, 11) is 0. The van der Waals surface area contributed by atoms with Gasteiger partial charge < -0.3 is 15.7 Å². The monoisotopic (exact) mass is 282 g/mol. The number of nitrogens with one attached hydrogen (secondary N) is 2. The first kappa shape index (κ1) is 13.5. The summed E-state index contributed by atoms with van der Waals surface area (Å²) >= 11 is 0. The summed E-state index contributed by atoms with van der Waals surface area (Å²) in [6, 6.07) is 12.8. The molecule has 2 aromatic rings. The second kappa shape index (κ2) is 5.87. The summed E-state index contributed by atoms with van der Waals surface area (Å²) in [5.74, 6) is 0.0301. The number of aromatic hydroxyl groups is 1. The first-order valence-corrected chi connectivity index (χ1v) is 7.16. The molecule has 1 amide bonds. The van der Waals surface area contributed by atoms with E-state index in [-0.39, 0.29) is 18.1 Å². The third kappa shape index (κ3) is 3.16. The van der Waals surface area contributed by atoms with Crippen LogP contribution in [0, 0.1) is 0 Å². The fourth-order valence-corrected chi connectivity index (χ4v) is 2.59. The van der Waals surface area contributed by atoms with Crippen LogP contribution in [0.5, 0.6) is 5.75 Å². The molecular formula is C17H18N2O2. The van der Waals surface area contributed by atoms with E-state index in [1.807, 2.05) is 24.3 Å². The van der Waals surface area contributed by atoms with E-state index in [1.165, 1.54) is 5.56 Å². The summed E-state index contributed by atoms with van der Waals surface area (Å²) in [4.78, 5) is 12.1. The van der Waals surface area contributed by atoms with Gasteiger partial charge in [0.25, 0.3) is 0 Å². The van der Waals surface area contributed by atoms with Crippen molar-refractivity contribution in [1.29, 1.82) is 0 Å². The van der Waals surface area contributed by atoms with Gasteiger partial charge in [0.2, 0.25) is 5.91 Å². The lowest BCUT2D eigenvalue weighted by molar-refractivity contribution is -0.115. The molecule has 0 saturated heterocycles. The Morgan fingerprint density at radius 1 is 1.24 bits per heavy atom. The minimum absolute atomic E-state index is 0.125. The van der Waals surface area contributed by atoms with Crippen molar-refractivity contribution in [2.24, 2.45) is 0 Å². The van der Waals surface area contributed by atoms with Crippen LogP contribution in [0.15, 0.2) is 42.5 Å². The third-order valence-corrected chi connectivity index (χ3v) is 3.67. The maximum absolute atomic E-state index is 12.1. The number of amides is 1. The Morgan fingerprint density at radius 2 is 2.10 bits per heavy atom. The molecule has 0 atom stereocenters. The van der Waals surface area contributed by atoms with Crippen molar-refractivity contribution >= 4 is 17.3 Å². The molecule has 0 radical (unpaired) electrons. The van der Waals surface area contributed by atoms with Crippen molar-refractivity contribution in [3.8, 4) is 5.75 Å². The highest BCUT2D eigenvalue weighted by Gasteiger charge is 2.11. The molecule has 1 aliphatic heterocycles. The van der Waals surface area contributed by atoms with Crippen LogP contribution in [0.4, 0.5) is 11.4 Å². The molecular weight excluding hydrogens is 264 g/mol. The van der Waals surface area contributed by atoms with Gasteiger partial charge in [-0.1, -0.05) is 18.2 Å². The zero-order chi connectivity index (χ0) is 14.7. The molecule has 3 N–H and O–H groups in total. The normalized spacial score (nSPS) is 13.1. The predicted molar refractivity (Wildman–Crippen MR) is 83.7 cm³/mol. The van der Waals surface area contributed by atoms with E-state index in [2.05, 4.69) is 10.6 Å². The molecule has 21 heavy (non-hydrogen) atoms. The van der Waals surface area contributed by atoms with E-state index in [1.54, 1.807) is 18.2 Å². The first-order chi connectivity index (χ1) is 10.2. The van der Waals surface area contributed by atoms with Gasteiger partial charge in [-0.25, -0.2) is 0 Å². The molecule has 0 bridgehead atoms. The van der Waals surface area contributed by atoms with E-state index >= 15 is 0 Å². The molecule has 0 aromatic heterocycles. The molecule has 0 aliphatic carbocycles. The van der Waals surface area contributed by atoms with Crippen LogP contribution in [-0.4, -0.2) is 17.6 Å². The van der Waals surface area contributed by atoms with Crippen molar-refractivity contribution < 1.29 is 9.90 Å². The number of aryl methyl sites for hydroxylation is 1. The van der Waals surface area contributed by atoms with Crippen molar-refractivity contribution in [2.75, 3.05) is 17.2 Å². The second-order valence-electron chi connectivity index (χ2n) is 5.26. The quantitative estimate of drug-likeness (QED) is 0.811. The maximum atomic E-state index is 12.1. The predicted octanol–water partition coefficient (Wildman–Crippen LogP) is 2.93. The Hall–Kier alpha value is -2.49. The van der Waals surface area contributed by atoms with Crippen molar-refractivity contribution in [1.82, 2.24) is 0 Å². The highest BCUT2D eigenvalue weighted by molar-refractivity contribution is 5.93. The molecule has 4 nitrogen and oxygen atoms in total. The number of fused-ring (bicyclic) bond motifs is 1. The lowest BCUT2D eigenvalue weighted by Crippen LogP contribution is -2.16. The van der Waals surface area contributed by atoms with Gasteiger partial charge in [-0.3, -0.25) is 4.79 Å². The highest BCUT2D eigenvalue weighted by Crippen LogP contribution is 2.25. The smallest absolute Gasteiger partial charge is 0.228 e. The lowest BCUT2D eigenvalue weighted by atomic mass is 10.0. The number of carbonyl (C=O) groups is 1. The first-order valence-electron chi connectivity index (χ1n) is 7.16. The van der Waals surface area contributed by atoms with E-state index < -0.39 is 0 Å². The molecule has 2 aromatic carbocycles. The average molecular weight is 282 g/mol. The molecule has 0 fully saturated rings. The van der Waals surface area contributed by atoms with Gasteiger partial charge in [0.05, 0.1) is 6.42 Å².